The summed E-state index contributed by atoms with van der Waals surface area (Å²) in [6.07, 6.45) is 8.22. The summed E-state index contributed by atoms with van der Waals surface area (Å²) in [5.41, 5.74) is 1.66. The van der Waals surface area contributed by atoms with Crippen LogP contribution in [0.15, 0.2) is 18.3 Å². The third-order valence-corrected chi connectivity index (χ3v) is 3.54. The topological polar surface area (TPSA) is 39.9 Å². The van der Waals surface area contributed by atoms with Crippen molar-refractivity contribution in [1.82, 2.24) is 4.98 Å². The van der Waals surface area contributed by atoms with Crippen LogP contribution in [0.3, 0.4) is 0 Å². The van der Waals surface area contributed by atoms with Crippen LogP contribution in [0, 0.1) is 11.3 Å². The Morgan fingerprint density at radius 1 is 1.41 bits per heavy atom. The Morgan fingerprint density at radius 2 is 2.29 bits per heavy atom. The van der Waals surface area contributed by atoms with Gasteiger partial charge in [0, 0.05) is 12.6 Å². The van der Waals surface area contributed by atoms with Crippen LogP contribution in [0.25, 0.3) is 0 Å². The van der Waals surface area contributed by atoms with Crippen LogP contribution in [0.5, 0.6) is 0 Å². The van der Waals surface area contributed by atoms with Crippen molar-refractivity contribution in [2.75, 3.05) is 11.4 Å². The first kappa shape index (κ1) is 11.9. The van der Waals surface area contributed by atoms with E-state index >= 15 is 0 Å². The molecule has 1 saturated heterocycles. The lowest BCUT2D eigenvalue weighted by molar-refractivity contribution is 0.556. The maximum Gasteiger partial charge on any atom is 0.140 e. The molecule has 1 fully saturated rings. The Labute approximate surface area is 103 Å². The van der Waals surface area contributed by atoms with Gasteiger partial charge in [0.1, 0.15) is 11.8 Å². The van der Waals surface area contributed by atoms with Gasteiger partial charge < -0.3 is 4.90 Å². The van der Waals surface area contributed by atoms with Crippen LogP contribution in [0.1, 0.15) is 44.7 Å². The van der Waals surface area contributed by atoms with Crippen molar-refractivity contribution in [2.24, 2.45) is 0 Å². The predicted octanol–water partition coefficient (Wildman–Crippen LogP) is 3.11. The Kier molecular flexibility index (Phi) is 3.98. The lowest BCUT2D eigenvalue weighted by Gasteiger charge is -2.31. The van der Waals surface area contributed by atoms with E-state index < -0.39 is 0 Å². The zero-order valence-corrected chi connectivity index (χ0v) is 10.4. The highest BCUT2D eigenvalue weighted by Crippen LogP contribution is 2.25. The fourth-order valence-electron chi connectivity index (χ4n) is 2.56. The molecule has 0 aliphatic carbocycles. The first-order valence-electron chi connectivity index (χ1n) is 6.48. The second kappa shape index (κ2) is 5.67. The Bertz CT molecular complexity index is 391. The molecular formula is C14H19N3. The highest BCUT2D eigenvalue weighted by atomic mass is 15.2. The standard InChI is InChI=1S/C14H19N3/c1-2-13-6-4-3-5-9-17(13)14-8-7-12(10-15)16-11-14/h7-8,11,13H,2-6,9H2,1H3. The third-order valence-electron chi connectivity index (χ3n) is 3.54. The molecule has 3 nitrogen and oxygen atoms in total. The number of anilines is 1. The maximum atomic E-state index is 8.76. The van der Waals surface area contributed by atoms with Crippen molar-refractivity contribution in [3.63, 3.8) is 0 Å². The smallest absolute Gasteiger partial charge is 0.140 e. The van der Waals surface area contributed by atoms with Gasteiger partial charge in [-0.1, -0.05) is 19.8 Å². The Hall–Kier alpha value is -1.56. The van der Waals surface area contributed by atoms with E-state index in [4.69, 9.17) is 5.26 Å². The summed E-state index contributed by atoms with van der Waals surface area (Å²) < 4.78 is 0. The van der Waals surface area contributed by atoms with Crippen molar-refractivity contribution in [3.8, 4) is 6.07 Å². The number of nitriles is 1. The number of rotatable bonds is 2. The zero-order valence-electron chi connectivity index (χ0n) is 10.4. The van der Waals surface area contributed by atoms with Crippen LogP contribution in [-0.4, -0.2) is 17.6 Å². The molecule has 0 bridgehead atoms. The van der Waals surface area contributed by atoms with Gasteiger partial charge in [-0.15, -0.1) is 0 Å². The van der Waals surface area contributed by atoms with Gasteiger partial charge in [-0.3, -0.25) is 0 Å². The minimum Gasteiger partial charge on any atom is -0.367 e. The fourth-order valence-corrected chi connectivity index (χ4v) is 2.56. The fraction of sp³-hybridized carbons (Fsp3) is 0.571. The van der Waals surface area contributed by atoms with Crippen LogP contribution in [0.4, 0.5) is 5.69 Å². The zero-order chi connectivity index (χ0) is 12.1. The second-order valence-electron chi connectivity index (χ2n) is 4.62. The first-order chi connectivity index (χ1) is 8.35. The monoisotopic (exact) mass is 229 g/mol. The SMILES string of the molecule is CCC1CCCCCN1c1ccc(C#N)nc1. The van der Waals surface area contributed by atoms with Crippen LogP contribution in [-0.2, 0) is 0 Å². The summed E-state index contributed by atoms with van der Waals surface area (Å²) in [5.74, 6) is 0. The molecule has 0 aromatic carbocycles. The highest BCUT2D eigenvalue weighted by Gasteiger charge is 2.19. The van der Waals surface area contributed by atoms with Gasteiger partial charge in [-0.25, -0.2) is 4.98 Å². The molecule has 0 N–H and O–H groups in total. The number of hydrogen-bond acceptors (Lipinski definition) is 3. The van der Waals surface area contributed by atoms with Crippen molar-refractivity contribution >= 4 is 5.69 Å². The number of hydrogen-bond donors (Lipinski definition) is 0. The van der Waals surface area contributed by atoms with Gasteiger partial charge in [0.15, 0.2) is 0 Å². The third kappa shape index (κ3) is 2.76. The van der Waals surface area contributed by atoms with Crippen LogP contribution >= 0.6 is 0 Å². The molecule has 0 radical (unpaired) electrons. The average Bonchev–Trinajstić information content (AvgIpc) is 2.64. The normalized spacial score (nSPS) is 20.7. The second-order valence-corrected chi connectivity index (χ2v) is 4.62. The number of aromatic nitrogens is 1. The molecule has 0 spiro atoms. The molecule has 1 aliphatic rings. The summed E-state index contributed by atoms with van der Waals surface area (Å²) in [5, 5.41) is 8.76. The Balaban J connectivity index is 2.19. The van der Waals surface area contributed by atoms with E-state index in [0.29, 0.717) is 11.7 Å². The Morgan fingerprint density at radius 3 is 2.94 bits per heavy atom. The summed E-state index contributed by atoms with van der Waals surface area (Å²) in [6.45, 7) is 3.37. The highest BCUT2D eigenvalue weighted by molar-refractivity contribution is 5.47. The number of pyridine rings is 1. The molecule has 1 atom stereocenters. The first-order valence-corrected chi connectivity index (χ1v) is 6.48. The summed E-state index contributed by atoms with van der Waals surface area (Å²) in [7, 11) is 0. The van der Waals surface area contributed by atoms with E-state index in [1.54, 1.807) is 0 Å². The van der Waals surface area contributed by atoms with Crippen molar-refractivity contribution in [3.05, 3.63) is 24.0 Å². The van der Waals surface area contributed by atoms with Gasteiger partial charge >= 0.3 is 0 Å². The van der Waals surface area contributed by atoms with Crippen LogP contribution in [0.2, 0.25) is 0 Å². The van der Waals surface area contributed by atoms with Crippen molar-refractivity contribution < 1.29 is 0 Å². The quantitative estimate of drug-likeness (QED) is 0.782. The lowest BCUT2D eigenvalue weighted by Crippen LogP contribution is -2.34. The van der Waals surface area contributed by atoms with Crippen LogP contribution < -0.4 is 4.90 Å². The molecular weight excluding hydrogens is 210 g/mol. The summed E-state index contributed by atoms with van der Waals surface area (Å²) in [6, 6.07) is 6.54. The van der Waals surface area contributed by atoms with E-state index in [-0.39, 0.29) is 0 Å². The molecule has 1 aliphatic heterocycles. The summed E-state index contributed by atoms with van der Waals surface area (Å²) in [4.78, 5) is 6.63. The molecule has 0 saturated carbocycles. The van der Waals surface area contributed by atoms with Gasteiger partial charge in [-0.2, -0.15) is 5.26 Å². The number of nitrogens with zero attached hydrogens (tertiary/aromatic N) is 3. The van der Waals surface area contributed by atoms with E-state index in [9.17, 15) is 0 Å². The summed E-state index contributed by atoms with van der Waals surface area (Å²) >= 11 is 0. The van der Waals surface area contributed by atoms with E-state index in [0.717, 1.165) is 12.2 Å². The van der Waals surface area contributed by atoms with E-state index in [2.05, 4.69) is 22.9 Å². The van der Waals surface area contributed by atoms with Gasteiger partial charge in [0.2, 0.25) is 0 Å². The molecule has 0 amide bonds. The maximum absolute atomic E-state index is 8.76. The van der Waals surface area contributed by atoms with Gasteiger partial charge in [0.05, 0.1) is 11.9 Å². The molecule has 1 aromatic rings. The minimum absolute atomic E-state index is 0.497. The van der Waals surface area contributed by atoms with E-state index in [1.807, 2.05) is 18.3 Å². The molecule has 17 heavy (non-hydrogen) atoms. The molecule has 2 heterocycles. The predicted molar refractivity (Wildman–Crippen MR) is 68.8 cm³/mol. The van der Waals surface area contributed by atoms with Crippen molar-refractivity contribution in [2.45, 2.75) is 45.1 Å². The molecule has 1 aromatic heterocycles. The molecule has 3 heteroatoms. The molecule has 1 unspecified atom stereocenters. The molecule has 90 valence electrons. The largest absolute Gasteiger partial charge is 0.367 e. The lowest BCUT2D eigenvalue weighted by atomic mass is 10.1. The van der Waals surface area contributed by atoms with Gasteiger partial charge in [-0.05, 0) is 31.4 Å². The minimum atomic E-state index is 0.497. The van der Waals surface area contributed by atoms with E-state index in [1.165, 1.54) is 32.1 Å². The van der Waals surface area contributed by atoms with Gasteiger partial charge in [0.25, 0.3) is 0 Å². The molecule has 2 rings (SSSR count). The average molecular weight is 229 g/mol. The van der Waals surface area contributed by atoms with Crippen molar-refractivity contribution in [1.29, 1.82) is 5.26 Å².